The highest BCUT2D eigenvalue weighted by molar-refractivity contribution is 5.97. The van der Waals surface area contributed by atoms with Crippen LogP contribution in [0.15, 0.2) is 12.1 Å². The van der Waals surface area contributed by atoms with Gasteiger partial charge in [-0.25, -0.2) is 0 Å². The van der Waals surface area contributed by atoms with Gasteiger partial charge in [-0.2, -0.15) is 4.98 Å². The Bertz CT molecular complexity index is 629. The summed E-state index contributed by atoms with van der Waals surface area (Å²) in [7, 11) is 3.08. The van der Waals surface area contributed by atoms with Crippen LogP contribution in [0.3, 0.4) is 0 Å². The number of amides is 1. The summed E-state index contributed by atoms with van der Waals surface area (Å²) < 4.78 is 10.4. The van der Waals surface area contributed by atoms with Gasteiger partial charge in [-0.3, -0.25) is 4.79 Å². The minimum Gasteiger partial charge on any atom is -0.481 e. The molecule has 2 heterocycles. The van der Waals surface area contributed by atoms with Crippen LogP contribution < -0.4 is 9.47 Å². The zero-order chi connectivity index (χ0) is 16.8. The monoisotopic (exact) mass is 318 g/mol. The van der Waals surface area contributed by atoms with E-state index in [1.807, 2.05) is 4.90 Å². The van der Waals surface area contributed by atoms with Crippen LogP contribution in [0.5, 0.6) is 11.8 Å². The lowest BCUT2D eigenvalue weighted by molar-refractivity contribution is 0.0704. The Morgan fingerprint density at radius 3 is 2.61 bits per heavy atom. The van der Waals surface area contributed by atoms with Crippen molar-refractivity contribution in [1.29, 1.82) is 0 Å². The molecule has 2 atom stereocenters. The summed E-state index contributed by atoms with van der Waals surface area (Å²) in [6.45, 7) is 7.73. The maximum absolute atomic E-state index is 13.1. The molecule has 1 saturated carbocycles. The number of rotatable bonds is 3. The molecule has 2 aliphatic rings. The molecule has 1 amide bonds. The Balaban J connectivity index is 1.90. The highest BCUT2D eigenvalue weighted by Gasteiger charge is 2.51. The molecule has 2 bridgehead atoms. The molecule has 3 rings (SSSR count). The zero-order valence-corrected chi connectivity index (χ0v) is 14.7. The Morgan fingerprint density at radius 2 is 1.96 bits per heavy atom. The highest BCUT2D eigenvalue weighted by Crippen LogP contribution is 2.52. The standard InChI is InChI=1S/C18H26N2O3/c1-17(2)8-12-9-18(3,10-17)11-20(12)16(21)13-6-7-14(22-4)19-15(13)23-5/h6-7,12H,8-11H2,1-5H3. The summed E-state index contributed by atoms with van der Waals surface area (Å²) in [4.78, 5) is 19.4. The van der Waals surface area contributed by atoms with Gasteiger partial charge in [-0.05, 0) is 36.2 Å². The third kappa shape index (κ3) is 2.89. The lowest BCUT2D eigenvalue weighted by atomic mass is 9.65. The van der Waals surface area contributed by atoms with Crippen molar-refractivity contribution in [3.63, 3.8) is 0 Å². The Hall–Kier alpha value is -1.78. The third-order valence-corrected chi connectivity index (χ3v) is 5.14. The van der Waals surface area contributed by atoms with Crippen molar-refractivity contribution in [2.45, 2.75) is 46.1 Å². The van der Waals surface area contributed by atoms with Gasteiger partial charge < -0.3 is 14.4 Å². The first kappa shape index (κ1) is 16.1. The first-order chi connectivity index (χ1) is 10.8. The van der Waals surface area contributed by atoms with E-state index in [1.54, 1.807) is 19.2 Å². The zero-order valence-electron chi connectivity index (χ0n) is 14.7. The molecule has 0 aromatic carbocycles. The van der Waals surface area contributed by atoms with Gasteiger partial charge in [0.05, 0.1) is 14.2 Å². The summed E-state index contributed by atoms with van der Waals surface area (Å²) in [6, 6.07) is 3.77. The largest absolute Gasteiger partial charge is 0.481 e. The fraction of sp³-hybridized carbons (Fsp3) is 0.667. The Morgan fingerprint density at radius 1 is 1.22 bits per heavy atom. The number of hydrogen-bond acceptors (Lipinski definition) is 4. The Labute approximate surface area is 138 Å². The van der Waals surface area contributed by atoms with Crippen LogP contribution in [0.25, 0.3) is 0 Å². The number of ether oxygens (including phenoxy) is 2. The van der Waals surface area contributed by atoms with Crippen LogP contribution in [0.1, 0.15) is 50.4 Å². The van der Waals surface area contributed by atoms with Crippen molar-refractivity contribution in [2.24, 2.45) is 10.8 Å². The van der Waals surface area contributed by atoms with Gasteiger partial charge in [0.15, 0.2) is 0 Å². The molecule has 5 nitrogen and oxygen atoms in total. The number of aromatic nitrogens is 1. The fourth-order valence-corrected chi connectivity index (χ4v) is 4.71. The number of pyridine rings is 1. The SMILES string of the molecule is COc1ccc(C(=O)N2CC3(C)CC2CC(C)(C)C3)c(OC)n1. The number of likely N-dealkylation sites (tertiary alicyclic amines) is 1. The van der Waals surface area contributed by atoms with Crippen LogP contribution in [0, 0.1) is 10.8 Å². The molecule has 1 aromatic heterocycles. The van der Waals surface area contributed by atoms with E-state index in [4.69, 9.17) is 9.47 Å². The van der Waals surface area contributed by atoms with E-state index in [-0.39, 0.29) is 16.7 Å². The molecule has 1 aliphatic carbocycles. The van der Waals surface area contributed by atoms with Gasteiger partial charge in [-0.15, -0.1) is 0 Å². The smallest absolute Gasteiger partial charge is 0.259 e. The van der Waals surface area contributed by atoms with Crippen molar-refractivity contribution >= 4 is 5.91 Å². The predicted molar refractivity (Wildman–Crippen MR) is 87.9 cm³/mol. The van der Waals surface area contributed by atoms with Crippen LogP contribution in [-0.4, -0.2) is 42.6 Å². The van der Waals surface area contributed by atoms with Crippen molar-refractivity contribution in [3.05, 3.63) is 17.7 Å². The minimum atomic E-state index is 0.0171. The quantitative estimate of drug-likeness (QED) is 0.859. The lowest BCUT2D eigenvalue weighted by Gasteiger charge is -2.39. The van der Waals surface area contributed by atoms with Gasteiger partial charge >= 0.3 is 0 Å². The summed E-state index contributed by atoms with van der Waals surface area (Å²) in [5.74, 6) is 0.801. The number of methoxy groups -OCH3 is 2. The predicted octanol–water partition coefficient (Wildman–Crippen LogP) is 3.14. The van der Waals surface area contributed by atoms with Gasteiger partial charge in [-0.1, -0.05) is 20.8 Å². The molecule has 2 fully saturated rings. The summed E-state index contributed by atoms with van der Waals surface area (Å²) in [6.07, 6.45) is 3.31. The van der Waals surface area contributed by atoms with Crippen LogP contribution in [0.4, 0.5) is 0 Å². The van der Waals surface area contributed by atoms with Crippen LogP contribution >= 0.6 is 0 Å². The lowest BCUT2D eigenvalue weighted by Crippen LogP contribution is -2.37. The molecule has 1 saturated heterocycles. The summed E-state index contributed by atoms with van der Waals surface area (Å²) in [5, 5.41) is 0. The molecule has 23 heavy (non-hydrogen) atoms. The highest BCUT2D eigenvalue weighted by atomic mass is 16.5. The average Bonchev–Trinajstić information content (AvgIpc) is 2.74. The van der Waals surface area contributed by atoms with Crippen molar-refractivity contribution in [3.8, 4) is 11.8 Å². The second kappa shape index (κ2) is 5.39. The van der Waals surface area contributed by atoms with Gasteiger partial charge in [0.25, 0.3) is 5.91 Å². The molecule has 0 spiro atoms. The molecule has 2 unspecified atom stereocenters. The average molecular weight is 318 g/mol. The maximum atomic E-state index is 13.1. The van der Waals surface area contributed by atoms with E-state index in [0.717, 1.165) is 25.8 Å². The fourth-order valence-electron chi connectivity index (χ4n) is 4.71. The maximum Gasteiger partial charge on any atom is 0.259 e. The van der Waals surface area contributed by atoms with Crippen molar-refractivity contribution in [1.82, 2.24) is 9.88 Å². The van der Waals surface area contributed by atoms with Crippen molar-refractivity contribution in [2.75, 3.05) is 20.8 Å². The second-order valence-electron chi connectivity index (χ2n) is 8.06. The number of carbonyl (C=O) groups is 1. The first-order valence-corrected chi connectivity index (χ1v) is 8.17. The van der Waals surface area contributed by atoms with E-state index < -0.39 is 0 Å². The number of carbonyl (C=O) groups excluding carboxylic acids is 1. The topological polar surface area (TPSA) is 51.7 Å². The van der Waals surface area contributed by atoms with E-state index in [2.05, 4.69) is 25.8 Å². The van der Waals surface area contributed by atoms with Crippen LogP contribution in [0.2, 0.25) is 0 Å². The van der Waals surface area contributed by atoms with Crippen LogP contribution in [-0.2, 0) is 0 Å². The molecule has 5 heteroatoms. The molecule has 0 N–H and O–H groups in total. The molecule has 0 radical (unpaired) electrons. The van der Waals surface area contributed by atoms with E-state index in [0.29, 0.717) is 23.4 Å². The first-order valence-electron chi connectivity index (χ1n) is 8.17. The number of fused-ring (bicyclic) bond motifs is 2. The summed E-state index contributed by atoms with van der Waals surface area (Å²) >= 11 is 0. The normalized spacial score (nSPS) is 28.6. The number of hydrogen-bond donors (Lipinski definition) is 0. The van der Waals surface area contributed by atoms with Crippen molar-refractivity contribution < 1.29 is 14.3 Å². The van der Waals surface area contributed by atoms with Gasteiger partial charge in [0, 0.05) is 18.7 Å². The van der Waals surface area contributed by atoms with E-state index in [9.17, 15) is 4.79 Å². The molecular weight excluding hydrogens is 292 g/mol. The molecule has 1 aromatic rings. The third-order valence-electron chi connectivity index (χ3n) is 5.14. The van der Waals surface area contributed by atoms with E-state index >= 15 is 0 Å². The Kier molecular flexibility index (Phi) is 3.77. The van der Waals surface area contributed by atoms with Gasteiger partial charge in [0.1, 0.15) is 5.56 Å². The summed E-state index contributed by atoms with van der Waals surface area (Å²) in [5.41, 5.74) is 1.02. The number of nitrogens with zero attached hydrogens (tertiary/aromatic N) is 2. The van der Waals surface area contributed by atoms with Gasteiger partial charge in [0.2, 0.25) is 11.8 Å². The molecule has 1 aliphatic heterocycles. The second-order valence-corrected chi connectivity index (χ2v) is 8.06. The minimum absolute atomic E-state index is 0.0171. The van der Waals surface area contributed by atoms with E-state index in [1.165, 1.54) is 7.11 Å². The molecule has 126 valence electrons. The molecular formula is C18H26N2O3.